The van der Waals surface area contributed by atoms with Crippen LogP contribution in [-0.2, 0) is 5.41 Å². The maximum atomic E-state index is 6.58. The van der Waals surface area contributed by atoms with Gasteiger partial charge in [0.25, 0.3) is 0 Å². The van der Waals surface area contributed by atoms with Crippen molar-refractivity contribution in [2.75, 3.05) is 4.90 Å². The van der Waals surface area contributed by atoms with Crippen LogP contribution in [0.25, 0.3) is 77.2 Å². The Morgan fingerprint density at radius 1 is 0.421 bits per heavy atom. The zero-order valence-corrected chi connectivity index (χ0v) is 31.9. The number of para-hydroxylation sites is 2. The maximum absolute atomic E-state index is 6.58. The van der Waals surface area contributed by atoms with Gasteiger partial charge in [-0.05, 0) is 97.7 Å². The first kappa shape index (κ1) is 33.2. The second-order valence-electron chi connectivity index (χ2n) is 15.7. The fourth-order valence-corrected chi connectivity index (χ4v) is 9.30. The first-order chi connectivity index (χ1) is 28.0. The molecule has 0 amide bonds. The molecule has 1 aliphatic carbocycles. The number of fused-ring (bicyclic) bond motifs is 8. The molecule has 270 valence electrons. The minimum Gasteiger partial charge on any atom is -0.455 e. The summed E-state index contributed by atoms with van der Waals surface area (Å²) in [5, 5.41) is 4.80. The van der Waals surface area contributed by atoms with Crippen molar-refractivity contribution in [2.24, 2.45) is 0 Å². The van der Waals surface area contributed by atoms with E-state index in [1.165, 1.54) is 55.3 Å². The first-order valence-electron chi connectivity index (χ1n) is 19.8. The Morgan fingerprint density at radius 3 is 1.63 bits per heavy atom. The predicted molar refractivity (Wildman–Crippen MR) is 240 cm³/mol. The lowest BCUT2D eigenvalue weighted by molar-refractivity contribution is 0.666. The molecule has 0 N–H and O–H groups in total. The minimum atomic E-state index is -0.246. The highest BCUT2D eigenvalue weighted by Gasteiger charge is 2.40. The molecule has 0 atom stereocenters. The lowest BCUT2D eigenvalue weighted by atomic mass is 9.80. The van der Waals surface area contributed by atoms with E-state index >= 15 is 0 Å². The van der Waals surface area contributed by atoms with E-state index in [1.54, 1.807) is 0 Å². The zero-order chi connectivity index (χ0) is 38.1. The van der Waals surface area contributed by atoms with Crippen LogP contribution < -0.4 is 4.90 Å². The largest absolute Gasteiger partial charge is 0.455 e. The van der Waals surface area contributed by atoms with Crippen LogP contribution in [0.3, 0.4) is 0 Å². The average Bonchev–Trinajstić information content (AvgIpc) is 3.77. The fourth-order valence-electron chi connectivity index (χ4n) is 9.30. The van der Waals surface area contributed by atoms with Gasteiger partial charge in [-0.1, -0.05) is 172 Å². The normalized spacial score (nSPS) is 12.9. The van der Waals surface area contributed by atoms with Gasteiger partial charge in [0, 0.05) is 38.7 Å². The molecule has 1 aliphatic rings. The Bertz CT molecular complexity index is 3040. The third-order valence-corrected chi connectivity index (χ3v) is 12.0. The summed E-state index contributed by atoms with van der Waals surface area (Å²) in [4.78, 5) is 2.46. The maximum Gasteiger partial charge on any atom is 0.143 e. The number of furan rings is 1. The van der Waals surface area contributed by atoms with Gasteiger partial charge in [0.2, 0.25) is 0 Å². The first-order valence-corrected chi connectivity index (χ1v) is 19.8. The molecule has 1 heterocycles. The highest BCUT2D eigenvalue weighted by molar-refractivity contribution is 6.11. The Kier molecular flexibility index (Phi) is 7.55. The quantitative estimate of drug-likeness (QED) is 0.169. The van der Waals surface area contributed by atoms with Gasteiger partial charge in [0.15, 0.2) is 0 Å². The molecule has 0 saturated carbocycles. The average molecular weight is 730 g/mol. The monoisotopic (exact) mass is 729 g/mol. The van der Waals surface area contributed by atoms with Crippen LogP contribution in [0.1, 0.15) is 25.0 Å². The van der Waals surface area contributed by atoms with E-state index in [-0.39, 0.29) is 5.41 Å². The van der Waals surface area contributed by atoms with Crippen LogP contribution in [0.5, 0.6) is 0 Å². The Hall–Kier alpha value is -7.16. The Labute approximate surface area is 332 Å². The van der Waals surface area contributed by atoms with Gasteiger partial charge in [-0.25, -0.2) is 0 Å². The highest BCUT2D eigenvalue weighted by atomic mass is 16.3. The molecule has 2 heteroatoms. The lowest BCUT2D eigenvalue weighted by Crippen LogP contribution is -2.17. The van der Waals surface area contributed by atoms with Crippen LogP contribution in [0.2, 0.25) is 0 Å². The summed E-state index contributed by atoms with van der Waals surface area (Å²) in [5.74, 6) is 0. The van der Waals surface area contributed by atoms with E-state index in [4.69, 9.17) is 4.42 Å². The SMILES string of the molecule is CC1(C)c2ccc(-c3cccc4c3oc3ccccc34)cc2-c2c(N(c3ccc(-c4ccccc4)cc3)c3ccc(-c4ccccc4)cc3)cc3ccccc3c21. The van der Waals surface area contributed by atoms with E-state index in [0.29, 0.717) is 0 Å². The molecular weight excluding hydrogens is 691 g/mol. The van der Waals surface area contributed by atoms with Gasteiger partial charge in [-0.15, -0.1) is 0 Å². The standard InChI is InChI=1S/C55H39NO/c1-55(2)49-33-28-41(45-21-13-22-47-46-20-11-12-23-51(46)57-54(45)47)34-48(49)52-50(35-40-18-9-10-19-44(40)53(52)55)56(42-29-24-38(25-30-42)36-14-5-3-6-15-36)43-31-26-39(27-32-43)37-16-7-4-8-17-37/h3-35H,1-2H3. The fraction of sp³-hybridized carbons (Fsp3) is 0.0545. The second kappa shape index (κ2) is 13.0. The van der Waals surface area contributed by atoms with Gasteiger partial charge in [-0.2, -0.15) is 0 Å². The molecule has 0 fully saturated rings. The molecule has 0 aliphatic heterocycles. The third kappa shape index (κ3) is 5.33. The van der Waals surface area contributed by atoms with E-state index in [1.807, 2.05) is 6.07 Å². The van der Waals surface area contributed by atoms with Crippen LogP contribution in [0.15, 0.2) is 205 Å². The summed E-state index contributed by atoms with van der Waals surface area (Å²) in [6.07, 6.45) is 0. The van der Waals surface area contributed by atoms with E-state index < -0.39 is 0 Å². The van der Waals surface area contributed by atoms with Crippen molar-refractivity contribution in [3.8, 4) is 44.5 Å². The molecule has 11 rings (SSSR count). The molecule has 0 unspecified atom stereocenters. The Balaban J connectivity index is 1.16. The molecule has 10 aromatic rings. The molecular formula is C55H39NO. The van der Waals surface area contributed by atoms with E-state index in [0.717, 1.165) is 50.1 Å². The third-order valence-electron chi connectivity index (χ3n) is 12.0. The molecule has 0 radical (unpaired) electrons. The summed E-state index contributed by atoms with van der Waals surface area (Å²) in [6, 6.07) is 72.6. The molecule has 2 nitrogen and oxygen atoms in total. The van der Waals surface area contributed by atoms with Crippen molar-refractivity contribution < 1.29 is 4.42 Å². The van der Waals surface area contributed by atoms with Crippen molar-refractivity contribution >= 4 is 49.8 Å². The number of rotatable bonds is 6. The van der Waals surface area contributed by atoms with Gasteiger partial charge in [0.05, 0.1) is 5.69 Å². The van der Waals surface area contributed by atoms with Crippen LogP contribution in [0.4, 0.5) is 17.1 Å². The number of nitrogens with zero attached hydrogens (tertiary/aromatic N) is 1. The minimum absolute atomic E-state index is 0.246. The van der Waals surface area contributed by atoms with E-state index in [9.17, 15) is 0 Å². The van der Waals surface area contributed by atoms with E-state index in [2.05, 4.69) is 213 Å². The Morgan fingerprint density at radius 2 is 0.965 bits per heavy atom. The van der Waals surface area contributed by atoms with Crippen molar-refractivity contribution in [1.29, 1.82) is 0 Å². The summed E-state index contributed by atoms with van der Waals surface area (Å²) in [7, 11) is 0. The number of benzene rings is 9. The van der Waals surface area contributed by atoms with Crippen molar-refractivity contribution in [3.63, 3.8) is 0 Å². The summed E-state index contributed by atoms with van der Waals surface area (Å²) in [5.41, 5.74) is 17.2. The van der Waals surface area contributed by atoms with Crippen molar-refractivity contribution in [1.82, 2.24) is 0 Å². The van der Waals surface area contributed by atoms with Gasteiger partial charge >= 0.3 is 0 Å². The second-order valence-corrected chi connectivity index (χ2v) is 15.7. The van der Waals surface area contributed by atoms with Gasteiger partial charge < -0.3 is 9.32 Å². The zero-order valence-electron chi connectivity index (χ0n) is 31.9. The van der Waals surface area contributed by atoms with Crippen LogP contribution in [0, 0.1) is 0 Å². The number of anilines is 3. The molecule has 0 bridgehead atoms. The molecule has 9 aromatic carbocycles. The molecule has 57 heavy (non-hydrogen) atoms. The van der Waals surface area contributed by atoms with Crippen molar-refractivity contribution in [2.45, 2.75) is 19.3 Å². The summed E-state index contributed by atoms with van der Waals surface area (Å²) in [6.45, 7) is 4.78. The molecule has 1 aromatic heterocycles. The highest BCUT2D eigenvalue weighted by Crippen LogP contribution is 2.57. The summed E-state index contributed by atoms with van der Waals surface area (Å²) < 4.78 is 6.58. The topological polar surface area (TPSA) is 16.4 Å². The van der Waals surface area contributed by atoms with Gasteiger partial charge in [-0.3, -0.25) is 0 Å². The van der Waals surface area contributed by atoms with Gasteiger partial charge in [0.1, 0.15) is 11.2 Å². The smallest absolute Gasteiger partial charge is 0.143 e. The predicted octanol–water partition coefficient (Wildman–Crippen LogP) is 15.5. The molecule has 0 spiro atoms. The lowest BCUT2D eigenvalue weighted by Gasteiger charge is -2.30. The van der Waals surface area contributed by atoms with Crippen LogP contribution in [-0.4, -0.2) is 0 Å². The number of hydrogen-bond acceptors (Lipinski definition) is 2. The number of hydrogen-bond donors (Lipinski definition) is 0. The summed E-state index contributed by atoms with van der Waals surface area (Å²) >= 11 is 0. The molecule has 0 saturated heterocycles. The van der Waals surface area contributed by atoms with Crippen LogP contribution >= 0.6 is 0 Å². The van der Waals surface area contributed by atoms with Crippen molar-refractivity contribution in [3.05, 3.63) is 211 Å².